The first kappa shape index (κ1) is 72.2. The molecule has 528 valence electrons. The number of carbonyl (C=O) groups excluding carboxylic acids is 4. The topological polar surface area (TPSA) is 259 Å². The normalized spacial score (nSPS) is 16.4. The highest BCUT2D eigenvalue weighted by molar-refractivity contribution is 7.91. The van der Waals surface area contributed by atoms with Crippen molar-refractivity contribution in [3.63, 3.8) is 0 Å². The smallest absolute Gasteiger partial charge is 0.264 e. The number of sulfonamides is 2. The van der Waals surface area contributed by atoms with Crippen LogP contribution in [0, 0.1) is 27.7 Å². The van der Waals surface area contributed by atoms with Crippen molar-refractivity contribution >= 4 is 66.4 Å². The van der Waals surface area contributed by atoms with Crippen molar-refractivity contribution in [1.29, 1.82) is 0 Å². The molecule has 0 bridgehead atoms. The van der Waals surface area contributed by atoms with E-state index in [-0.39, 0.29) is 57.9 Å². The molecule has 0 aliphatic carbocycles. The van der Waals surface area contributed by atoms with E-state index in [1.54, 1.807) is 78.3 Å². The van der Waals surface area contributed by atoms with Crippen molar-refractivity contribution in [3.05, 3.63) is 200 Å². The number of aromatic amines is 1. The third-order valence-electron chi connectivity index (χ3n) is 19.4. The Balaban J connectivity index is 0.000000202. The van der Waals surface area contributed by atoms with Gasteiger partial charge < -0.3 is 28.7 Å². The first-order chi connectivity index (χ1) is 48.1. The van der Waals surface area contributed by atoms with Crippen molar-refractivity contribution in [2.75, 3.05) is 104 Å². The lowest BCUT2D eigenvalue weighted by Gasteiger charge is -2.39. The number of rotatable bonds is 26. The van der Waals surface area contributed by atoms with Gasteiger partial charge in [0.2, 0.25) is 10.0 Å². The van der Waals surface area contributed by atoms with Gasteiger partial charge in [-0.25, -0.2) is 31.3 Å². The number of nitrogens with zero attached hydrogens (tertiary/aromatic N) is 8. The van der Waals surface area contributed by atoms with E-state index in [4.69, 9.17) is 18.9 Å². The number of imide groups is 2. The minimum atomic E-state index is -3.82. The molecule has 6 aromatic carbocycles. The van der Waals surface area contributed by atoms with Crippen molar-refractivity contribution in [3.8, 4) is 23.0 Å². The van der Waals surface area contributed by atoms with Gasteiger partial charge in [0.15, 0.2) is 27.2 Å². The molecule has 12 rings (SSSR count). The van der Waals surface area contributed by atoms with Crippen LogP contribution in [0.25, 0.3) is 0 Å². The van der Waals surface area contributed by atoms with Gasteiger partial charge in [-0.05, 0) is 138 Å². The van der Waals surface area contributed by atoms with Crippen LogP contribution in [-0.4, -0.2) is 169 Å². The molecule has 100 heavy (non-hydrogen) atoms. The van der Waals surface area contributed by atoms with E-state index in [1.165, 1.54) is 35.1 Å². The zero-order valence-corrected chi connectivity index (χ0v) is 60.6. The summed E-state index contributed by atoms with van der Waals surface area (Å²) in [5.74, 6) is 0.463. The van der Waals surface area contributed by atoms with Gasteiger partial charge in [-0.3, -0.25) is 43.9 Å². The van der Waals surface area contributed by atoms with E-state index in [9.17, 15) is 36.0 Å². The molecule has 23 nitrogen and oxygen atoms in total. The Morgan fingerprint density at radius 2 is 0.910 bits per heavy atom. The average Bonchev–Trinajstić information content (AvgIpc) is 1.60. The van der Waals surface area contributed by atoms with Gasteiger partial charge in [-0.1, -0.05) is 84.9 Å². The van der Waals surface area contributed by atoms with Crippen LogP contribution in [0.4, 0.5) is 11.4 Å². The summed E-state index contributed by atoms with van der Waals surface area (Å²) in [7, 11) is -1.45. The average molecular weight is 1420 g/mol. The molecule has 3 N–H and O–H groups in total. The number of methoxy groups -OCH3 is 4. The molecule has 0 saturated carbocycles. The second kappa shape index (κ2) is 31.3. The van der Waals surface area contributed by atoms with Crippen LogP contribution >= 0.6 is 11.3 Å². The SMILES string of the molecule is COc1ccc([C@@H](CCCNS(=O)(=O)c2c(C)n[nH]c2C)N2C(=O)c3cccc(N4CCN([C@H](C)c5ccccc5)CC4)c3C2=O)cc1OC.COc1ccc([C@@H](CCCNS(=O)(=O)c2sc(C)nc2C)N2C(=O)c3cccc(N4CCN([C@H](C)c5ccccc5)CC4)c3C2=O)cc1OC. The van der Waals surface area contributed by atoms with Crippen LogP contribution in [0.2, 0.25) is 0 Å². The van der Waals surface area contributed by atoms with Crippen LogP contribution in [0.15, 0.2) is 143 Å². The summed E-state index contributed by atoms with van der Waals surface area (Å²) >= 11 is 1.13. The Morgan fingerprint density at radius 1 is 0.490 bits per heavy atom. The van der Waals surface area contributed by atoms with Crippen LogP contribution in [0.1, 0.15) is 149 Å². The van der Waals surface area contributed by atoms with Crippen LogP contribution < -0.4 is 38.2 Å². The second-order valence-corrected chi connectivity index (χ2v) is 30.2. The number of hydrogen-bond donors (Lipinski definition) is 3. The van der Waals surface area contributed by atoms with Gasteiger partial charge in [-0.15, -0.1) is 11.3 Å². The fourth-order valence-electron chi connectivity index (χ4n) is 14.1. The monoisotopic (exact) mass is 1420 g/mol. The molecular weight excluding hydrogens is 1330 g/mol. The van der Waals surface area contributed by atoms with Crippen molar-refractivity contribution in [2.45, 2.75) is 100 Å². The van der Waals surface area contributed by atoms with Gasteiger partial charge in [-0.2, -0.15) is 5.10 Å². The fourth-order valence-corrected chi connectivity index (χ4v) is 18.1. The van der Waals surface area contributed by atoms with E-state index < -0.39 is 32.1 Å². The third kappa shape index (κ3) is 15.0. The number of aromatic nitrogens is 3. The van der Waals surface area contributed by atoms with E-state index in [2.05, 4.69) is 107 Å². The number of anilines is 2. The summed E-state index contributed by atoms with van der Waals surface area (Å²) in [5.41, 5.74) is 8.22. The lowest BCUT2D eigenvalue weighted by molar-refractivity contribution is 0.0557. The number of hydrogen-bond acceptors (Lipinski definition) is 19. The Morgan fingerprint density at radius 3 is 1.29 bits per heavy atom. The Bertz CT molecular complexity index is 4500. The molecule has 4 aliphatic heterocycles. The summed E-state index contributed by atoms with van der Waals surface area (Å²) in [6, 6.07) is 41.6. The zero-order valence-electron chi connectivity index (χ0n) is 58.1. The number of piperazine rings is 2. The predicted octanol–water partition coefficient (Wildman–Crippen LogP) is 10.8. The van der Waals surface area contributed by atoms with E-state index >= 15 is 0 Å². The Labute approximate surface area is 589 Å². The Hall–Kier alpha value is -9.02. The number of fused-ring (bicyclic) bond motifs is 2. The molecule has 0 unspecified atom stereocenters. The molecule has 4 atom stereocenters. The highest BCUT2D eigenvalue weighted by atomic mass is 32.2. The summed E-state index contributed by atoms with van der Waals surface area (Å²) in [6.45, 7) is 17.5. The van der Waals surface area contributed by atoms with E-state index in [0.29, 0.717) is 130 Å². The van der Waals surface area contributed by atoms with Crippen LogP contribution in [-0.2, 0) is 20.0 Å². The molecule has 4 amide bonds. The van der Waals surface area contributed by atoms with E-state index in [0.717, 1.165) is 48.9 Å². The van der Waals surface area contributed by atoms with Crippen molar-refractivity contribution < 1.29 is 55.0 Å². The van der Waals surface area contributed by atoms with Gasteiger partial charge >= 0.3 is 0 Å². The van der Waals surface area contributed by atoms with Gasteiger partial charge in [0.1, 0.15) is 4.90 Å². The molecule has 2 aromatic heterocycles. The lowest BCUT2D eigenvalue weighted by atomic mass is 9.99. The first-order valence-electron chi connectivity index (χ1n) is 33.6. The van der Waals surface area contributed by atoms with Gasteiger partial charge in [0.05, 0.1) is 96.2 Å². The molecule has 0 radical (unpaired) electrons. The number of benzene rings is 6. The van der Waals surface area contributed by atoms with Crippen molar-refractivity contribution in [2.24, 2.45) is 0 Å². The van der Waals surface area contributed by atoms with Crippen LogP contribution in [0.3, 0.4) is 0 Å². The predicted molar refractivity (Wildman–Crippen MR) is 384 cm³/mol. The Kier molecular flexibility index (Phi) is 22.6. The zero-order chi connectivity index (χ0) is 71.2. The standard InChI is InChI=1S/C37H44N6O6S.C37H43N5O6S2/c1-24-35(25(2)40-39-24)50(46,47)38-18-10-15-30(28-16-17-32(48-4)33(23-28)49-5)43-36(44)29-13-9-14-31(34(29)37(43)45)42-21-19-41(20-22-42)26(3)27-11-7-6-8-12-27;1-24-37(49-26(3)39-24)50(45,46)38-18-10-15-30(28-16-17-32(47-4)33(23-28)48-5)42-35(43)29-13-9-14-31(34(29)36(42)44)41-21-19-40(20-22-41)25(2)27-11-7-6-8-12-27/h6-9,11-14,16-17,23,26,30,38H,10,15,18-22H2,1-5H3,(H,39,40);6-9,11-14,16-17,23,25,30,38H,10,15,18-22H2,1-5H3/t26-,30-;25-,30-/m11/s1. The number of H-pyrrole nitrogens is 1. The second-order valence-electron chi connectivity index (χ2n) is 25.3. The molecule has 8 aromatic rings. The molecule has 26 heteroatoms. The van der Waals surface area contributed by atoms with E-state index in [1.807, 2.05) is 48.5 Å². The number of amides is 4. The summed E-state index contributed by atoms with van der Waals surface area (Å²) in [6.07, 6.45) is 1.32. The van der Waals surface area contributed by atoms with Crippen LogP contribution in [0.5, 0.6) is 23.0 Å². The summed E-state index contributed by atoms with van der Waals surface area (Å²) < 4.78 is 79.9. The molecular formula is C74H87N11O12S3. The van der Waals surface area contributed by atoms with Gasteiger partial charge in [0, 0.05) is 77.5 Å². The maximum absolute atomic E-state index is 14.4. The third-order valence-corrected chi connectivity index (χ3v) is 24.2. The molecule has 6 heterocycles. The maximum atomic E-state index is 14.4. The molecule has 4 aliphatic rings. The number of ether oxygens (including phenoxy) is 4. The quantitative estimate of drug-likeness (QED) is 0.0336. The number of carbonyl (C=O) groups is 4. The van der Waals surface area contributed by atoms with Crippen molar-refractivity contribution in [1.82, 2.24) is 44.2 Å². The lowest BCUT2D eigenvalue weighted by Crippen LogP contribution is -2.47. The molecule has 2 saturated heterocycles. The van der Waals surface area contributed by atoms with Gasteiger partial charge in [0.25, 0.3) is 33.7 Å². The number of nitrogens with one attached hydrogen (secondary N) is 3. The molecule has 0 spiro atoms. The first-order valence-corrected chi connectivity index (χ1v) is 37.4. The highest BCUT2D eigenvalue weighted by Gasteiger charge is 2.45. The largest absolute Gasteiger partial charge is 0.493 e. The minimum absolute atomic E-state index is 0.0935. The number of aryl methyl sites for hydroxylation is 4. The number of thiazole rings is 1. The molecule has 2 fully saturated rings. The minimum Gasteiger partial charge on any atom is -0.493 e. The fraction of sp³-hybridized carbons (Fsp3) is 0.378. The summed E-state index contributed by atoms with van der Waals surface area (Å²) in [5, 5.41) is 7.39. The maximum Gasteiger partial charge on any atom is 0.264 e. The highest BCUT2D eigenvalue weighted by Crippen LogP contribution is 2.44. The summed E-state index contributed by atoms with van der Waals surface area (Å²) in [4.78, 5) is 73.5.